The highest BCUT2D eigenvalue weighted by molar-refractivity contribution is 8.56. The average Bonchev–Trinajstić information content (AvgIpc) is 2.54. The minimum absolute atomic E-state index is 0.128. The maximum absolute atomic E-state index is 12.8. The molecule has 2 amide bonds. The molecule has 0 aromatic heterocycles. The van der Waals surface area contributed by atoms with E-state index in [1.54, 1.807) is 6.92 Å². The lowest BCUT2D eigenvalue weighted by atomic mass is 10.1. The summed E-state index contributed by atoms with van der Waals surface area (Å²) in [5.74, 6) is 0. The van der Waals surface area contributed by atoms with Gasteiger partial charge in [0, 0.05) is 10.9 Å². The maximum atomic E-state index is 12.8. The number of anilines is 1. The van der Waals surface area contributed by atoms with Gasteiger partial charge < -0.3 is 9.84 Å². The van der Waals surface area contributed by atoms with Crippen LogP contribution in [-0.4, -0.2) is 17.9 Å². The maximum Gasteiger partial charge on any atom is 0.354 e. The SMILES string of the molecule is CCOP(=O)(NC(=O)Nc1ccc2ccccc2c1)SC(C)CC. The van der Waals surface area contributed by atoms with Crippen LogP contribution in [0.5, 0.6) is 0 Å². The molecular weight excluding hydrogens is 343 g/mol. The van der Waals surface area contributed by atoms with Crippen molar-refractivity contribution in [3.05, 3.63) is 42.5 Å². The van der Waals surface area contributed by atoms with Gasteiger partial charge in [0.25, 0.3) is 0 Å². The number of rotatable bonds is 7. The van der Waals surface area contributed by atoms with Gasteiger partial charge in [-0.2, -0.15) is 0 Å². The Bertz CT molecular complexity index is 753. The zero-order valence-electron chi connectivity index (χ0n) is 14.1. The first-order chi connectivity index (χ1) is 11.5. The van der Waals surface area contributed by atoms with Crippen molar-refractivity contribution in [3.63, 3.8) is 0 Å². The minimum Gasteiger partial charge on any atom is -0.308 e. The van der Waals surface area contributed by atoms with Gasteiger partial charge in [0.1, 0.15) is 0 Å². The zero-order valence-corrected chi connectivity index (χ0v) is 15.8. The second kappa shape index (κ2) is 8.56. The predicted molar refractivity (Wildman–Crippen MR) is 103 cm³/mol. The van der Waals surface area contributed by atoms with E-state index < -0.39 is 12.8 Å². The molecule has 2 aromatic carbocycles. The number of hydrogen-bond acceptors (Lipinski definition) is 4. The highest BCUT2D eigenvalue weighted by Gasteiger charge is 2.28. The molecule has 0 fully saturated rings. The number of fused-ring (bicyclic) bond motifs is 1. The van der Waals surface area contributed by atoms with Gasteiger partial charge in [-0.1, -0.05) is 44.2 Å². The Kier molecular flexibility index (Phi) is 6.72. The molecule has 24 heavy (non-hydrogen) atoms. The van der Waals surface area contributed by atoms with Crippen molar-refractivity contribution in [2.75, 3.05) is 11.9 Å². The highest BCUT2D eigenvalue weighted by atomic mass is 32.7. The predicted octanol–water partition coefficient (Wildman–Crippen LogP) is 5.64. The van der Waals surface area contributed by atoms with Crippen molar-refractivity contribution in [1.82, 2.24) is 5.09 Å². The number of nitrogens with one attached hydrogen (secondary N) is 2. The number of carbonyl (C=O) groups excluding carboxylic acids is 1. The fraction of sp³-hybridized carbons (Fsp3) is 0.353. The summed E-state index contributed by atoms with van der Waals surface area (Å²) in [7, 11) is 0. The molecule has 5 nitrogen and oxygen atoms in total. The van der Waals surface area contributed by atoms with Crippen molar-refractivity contribution in [2.24, 2.45) is 0 Å². The van der Waals surface area contributed by atoms with Gasteiger partial charge in [0.05, 0.1) is 6.61 Å². The number of hydrogen-bond donors (Lipinski definition) is 2. The summed E-state index contributed by atoms with van der Waals surface area (Å²) < 4.78 is 18.1. The van der Waals surface area contributed by atoms with Crippen LogP contribution in [0.2, 0.25) is 0 Å². The molecule has 0 aliphatic rings. The zero-order chi connectivity index (χ0) is 17.6. The molecule has 2 aromatic rings. The lowest BCUT2D eigenvalue weighted by molar-refractivity contribution is 0.254. The third-order valence-corrected chi connectivity index (χ3v) is 7.99. The molecule has 130 valence electrons. The van der Waals surface area contributed by atoms with Crippen molar-refractivity contribution in [2.45, 2.75) is 32.4 Å². The third kappa shape index (κ3) is 5.26. The minimum atomic E-state index is -3.28. The smallest absolute Gasteiger partial charge is 0.308 e. The van der Waals surface area contributed by atoms with E-state index in [2.05, 4.69) is 10.4 Å². The summed E-state index contributed by atoms with van der Waals surface area (Å²) in [6, 6.07) is 13.0. The topological polar surface area (TPSA) is 67.4 Å². The Labute approximate surface area is 146 Å². The molecule has 0 aliphatic heterocycles. The quantitative estimate of drug-likeness (QED) is 0.623. The van der Waals surface area contributed by atoms with E-state index >= 15 is 0 Å². The monoisotopic (exact) mass is 366 g/mol. The molecule has 0 bridgehead atoms. The molecule has 2 atom stereocenters. The molecule has 0 saturated heterocycles. The van der Waals surface area contributed by atoms with Gasteiger partial charge in [0.2, 0.25) is 0 Å². The van der Waals surface area contributed by atoms with Gasteiger partial charge in [-0.3, -0.25) is 9.65 Å². The summed E-state index contributed by atoms with van der Waals surface area (Å²) in [6.07, 6.45) is 0.843. The summed E-state index contributed by atoms with van der Waals surface area (Å²) >= 11 is 1.17. The van der Waals surface area contributed by atoms with Gasteiger partial charge in [-0.25, -0.2) is 4.79 Å². The molecule has 0 radical (unpaired) electrons. The van der Waals surface area contributed by atoms with E-state index in [4.69, 9.17) is 4.52 Å². The summed E-state index contributed by atoms with van der Waals surface area (Å²) in [5, 5.41) is 7.47. The van der Waals surface area contributed by atoms with Crippen molar-refractivity contribution in [1.29, 1.82) is 0 Å². The summed E-state index contributed by atoms with van der Waals surface area (Å²) in [5.41, 5.74) is 0.641. The van der Waals surface area contributed by atoms with E-state index in [1.807, 2.05) is 56.3 Å². The molecule has 2 N–H and O–H groups in total. The van der Waals surface area contributed by atoms with E-state index in [1.165, 1.54) is 11.4 Å². The third-order valence-electron chi connectivity index (χ3n) is 3.44. The van der Waals surface area contributed by atoms with Crippen molar-refractivity contribution >= 4 is 40.6 Å². The van der Waals surface area contributed by atoms with E-state index in [0.717, 1.165) is 17.2 Å². The van der Waals surface area contributed by atoms with Gasteiger partial charge in [-0.15, -0.1) is 0 Å². The standard InChI is InChI=1S/C17H23N2O3PS/c1-4-13(3)24-23(21,22-5-2)19-17(20)18-16-11-10-14-8-6-7-9-15(14)12-16/h6-13H,4-5H2,1-3H3,(H2,18,19,20,21). The molecule has 0 saturated carbocycles. The normalized spacial score (nSPS) is 14.8. The molecular formula is C17H23N2O3PS. The molecule has 7 heteroatoms. The summed E-state index contributed by atoms with van der Waals surface area (Å²) in [6.45, 7) is 2.71. The Morgan fingerprint density at radius 3 is 2.58 bits per heavy atom. The molecule has 0 spiro atoms. The van der Waals surface area contributed by atoms with Gasteiger partial charge in [0.15, 0.2) is 0 Å². The van der Waals surface area contributed by atoms with Crippen LogP contribution < -0.4 is 10.4 Å². The van der Waals surface area contributed by atoms with E-state index in [0.29, 0.717) is 5.69 Å². The lowest BCUT2D eigenvalue weighted by Gasteiger charge is -2.21. The van der Waals surface area contributed by atoms with Crippen LogP contribution in [0, 0.1) is 0 Å². The van der Waals surface area contributed by atoms with Gasteiger partial charge >= 0.3 is 12.8 Å². The fourth-order valence-electron chi connectivity index (χ4n) is 2.12. The van der Waals surface area contributed by atoms with Gasteiger partial charge in [-0.05, 0) is 47.6 Å². The summed E-state index contributed by atoms with van der Waals surface area (Å²) in [4.78, 5) is 12.2. The number of benzene rings is 2. The fourth-order valence-corrected chi connectivity index (χ4v) is 6.34. The van der Waals surface area contributed by atoms with Crippen LogP contribution in [0.15, 0.2) is 42.5 Å². The van der Waals surface area contributed by atoms with Crippen LogP contribution in [-0.2, 0) is 9.09 Å². The lowest BCUT2D eigenvalue weighted by Crippen LogP contribution is -2.26. The van der Waals surface area contributed by atoms with E-state index in [-0.39, 0.29) is 11.9 Å². The molecule has 0 aliphatic carbocycles. The Hall–Kier alpha value is -1.49. The van der Waals surface area contributed by atoms with Crippen molar-refractivity contribution < 1.29 is 13.9 Å². The highest BCUT2D eigenvalue weighted by Crippen LogP contribution is 2.58. The molecule has 2 rings (SSSR count). The van der Waals surface area contributed by atoms with Crippen LogP contribution in [0.1, 0.15) is 27.2 Å². The van der Waals surface area contributed by atoms with Crippen LogP contribution in [0.3, 0.4) is 0 Å². The first kappa shape index (κ1) is 18.8. The Balaban J connectivity index is 2.07. The van der Waals surface area contributed by atoms with Crippen LogP contribution in [0.4, 0.5) is 10.5 Å². The first-order valence-corrected chi connectivity index (χ1v) is 11.1. The van der Waals surface area contributed by atoms with Crippen molar-refractivity contribution in [3.8, 4) is 0 Å². The Morgan fingerprint density at radius 1 is 1.21 bits per heavy atom. The van der Waals surface area contributed by atoms with E-state index in [9.17, 15) is 9.36 Å². The largest absolute Gasteiger partial charge is 0.354 e. The average molecular weight is 366 g/mol. The second-order valence-corrected chi connectivity index (χ2v) is 9.93. The van der Waals surface area contributed by atoms with Crippen LogP contribution in [0.25, 0.3) is 10.8 Å². The Morgan fingerprint density at radius 2 is 1.92 bits per heavy atom. The molecule has 2 unspecified atom stereocenters. The number of amides is 2. The number of carbonyl (C=O) groups is 1. The molecule has 0 heterocycles. The number of urea groups is 1. The van der Waals surface area contributed by atoms with Crippen LogP contribution >= 0.6 is 18.1 Å². The first-order valence-electron chi connectivity index (χ1n) is 7.97. The second-order valence-electron chi connectivity index (χ2n) is 5.37.